The molecule has 2 N–H and O–H groups in total. The Bertz CT molecular complexity index is 823. The molecule has 0 unspecified atom stereocenters. The van der Waals surface area contributed by atoms with Gasteiger partial charge in [-0.3, -0.25) is 9.59 Å². The molecule has 2 atom stereocenters. The largest absolute Gasteiger partial charge is 0.451 e. The van der Waals surface area contributed by atoms with Gasteiger partial charge in [-0.05, 0) is 38.1 Å². The molecule has 0 fully saturated rings. The molecule has 6 nitrogen and oxygen atoms in total. The van der Waals surface area contributed by atoms with Crippen LogP contribution in [0.1, 0.15) is 24.2 Å². The minimum Gasteiger partial charge on any atom is -0.451 e. The number of nitrogens with one attached hydrogen (secondary N) is 2. The number of hydrogen-bond donors (Lipinski definition) is 2. The van der Waals surface area contributed by atoms with E-state index < -0.39 is 47.3 Å². The van der Waals surface area contributed by atoms with Gasteiger partial charge in [0.15, 0.2) is 6.10 Å². The monoisotopic (exact) mass is 376 g/mol. The maximum Gasteiger partial charge on any atom is 0.329 e. The van der Waals surface area contributed by atoms with Gasteiger partial charge in [-0.25, -0.2) is 13.6 Å². The second-order valence-electron chi connectivity index (χ2n) is 5.73. The Hall–Kier alpha value is -3.29. The zero-order chi connectivity index (χ0) is 20.0. The summed E-state index contributed by atoms with van der Waals surface area (Å²) in [5, 5.41) is 4.48. The molecule has 142 valence electrons. The van der Waals surface area contributed by atoms with Gasteiger partial charge in [0.25, 0.3) is 11.8 Å². The number of benzene rings is 2. The van der Waals surface area contributed by atoms with Gasteiger partial charge in [0.05, 0.1) is 0 Å². The van der Waals surface area contributed by atoms with Crippen LogP contribution in [0.3, 0.4) is 0 Å². The Balaban J connectivity index is 1.92. The number of rotatable bonds is 6. The molecule has 2 aromatic rings. The van der Waals surface area contributed by atoms with Crippen molar-refractivity contribution in [2.45, 2.75) is 26.0 Å². The van der Waals surface area contributed by atoms with Crippen LogP contribution in [0.25, 0.3) is 0 Å². The van der Waals surface area contributed by atoms with Gasteiger partial charge < -0.3 is 15.4 Å². The van der Waals surface area contributed by atoms with Crippen molar-refractivity contribution in [3.05, 3.63) is 65.7 Å². The van der Waals surface area contributed by atoms with Gasteiger partial charge in [0, 0.05) is 5.56 Å². The van der Waals surface area contributed by atoms with Gasteiger partial charge in [-0.2, -0.15) is 0 Å². The summed E-state index contributed by atoms with van der Waals surface area (Å²) in [5.41, 5.74) is -0.270. The third-order valence-electron chi connectivity index (χ3n) is 3.61. The lowest BCUT2D eigenvalue weighted by Gasteiger charge is -2.18. The van der Waals surface area contributed by atoms with E-state index in [-0.39, 0.29) is 0 Å². The highest BCUT2D eigenvalue weighted by molar-refractivity contribution is 5.98. The van der Waals surface area contributed by atoms with E-state index in [2.05, 4.69) is 5.32 Å². The Morgan fingerprint density at radius 1 is 0.926 bits per heavy atom. The fraction of sp³-hybridized carbons (Fsp3) is 0.211. The average molecular weight is 376 g/mol. The SMILES string of the molecule is C[C@H](NC(=O)c1ccccc1)C(=O)O[C@H](C)C(=O)Nc1c(F)cccc1F. The Morgan fingerprint density at radius 2 is 1.52 bits per heavy atom. The van der Waals surface area contributed by atoms with Crippen molar-refractivity contribution in [3.8, 4) is 0 Å². The van der Waals surface area contributed by atoms with E-state index in [9.17, 15) is 23.2 Å². The maximum absolute atomic E-state index is 13.6. The van der Waals surface area contributed by atoms with Crippen LogP contribution in [-0.4, -0.2) is 29.9 Å². The van der Waals surface area contributed by atoms with E-state index in [1.807, 2.05) is 5.32 Å². The second-order valence-corrected chi connectivity index (χ2v) is 5.73. The third-order valence-corrected chi connectivity index (χ3v) is 3.61. The molecule has 2 aromatic carbocycles. The summed E-state index contributed by atoms with van der Waals surface area (Å²) in [7, 11) is 0. The van der Waals surface area contributed by atoms with Gasteiger partial charge in [-0.1, -0.05) is 24.3 Å². The van der Waals surface area contributed by atoms with Crippen LogP contribution >= 0.6 is 0 Å². The number of anilines is 1. The number of esters is 1. The van der Waals surface area contributed by atoms with Crippen LogP contribution < -0.4 is 10.6 Å². The molecule has 0 aliphatic heterocycles. The first-order valence-electron chi connectivity index (χ1n) is 8.11. The Kier molecular flexibility index (Phi) is 6.59. The number of amides is 2. The van der Waals surface area contributed by atoms with E-state index in [4.69, 9.17) is 4.74 Å². The molecule has 2 rings (SSSR count). The summed E-state index contributed by atoms with van der Waals surface area (Å²) in [6.45, 7) is 2.64. The van der Waals surface area contributed by atoms with Crippen molar-refractivity contribution >= 4 is 23.5 Å². The summed E-state index contributed by atoms with van der Waals surface area (Å²) in [4.78, 5) is 36.1. The van der Waals surface area contributed by atoms with Crippen LogP contribution in [0.15, 0.2) is 48.5 Å². The first kappa shape index (κ1) is 20.0. The highest BCUT2D eigenvalue weighted by atomic mass is 19.1. The van der Waals surface area contributed by atoms with Crippen molar-refractivity contribution in [2.24, 2.45) is 0 Å². The number of carbonyl (C=O) groups is 3. The summed E-state index contributed by atoms with van der Waals surface area (Å²) in [5.74, 6) is -4.16. The molecule has 0 saturated heterocycles. The van der Waals surface area contributed by atoms with E-state index in [1.165, 1.54) is 13.8 Å². The molecule has 0 bridgehead atoms. The summed E-state index contributed by atoms with van der Waals surface area (Å²) < 4.78 is 32.1. The highest BCUT2D eigenvalue weighted by Gasteiger charge is 2.24. The molecule has 0 spiro atoms. The summed E-state index contributed by atoms with van der Waals surface area (Å²) in [6, 6.07) is 10.3. The van der Waals surface area contributed by atoms with Gasteiger partial charge >= 0.3 is 5.97 Å². The highest BCUT2D eigenvalue weighted by Crippen LogP contribution is 2.18. The number of ether oxygens (including phenoxy) is 1. The molecule has 8 heteroatoms. The van der Waals surface area contributed by atoms with E-state index >= 15 is 0 Å². The van der Waals surface area contributed by atoms with Crippen molar-refractivity contribution in [1.82, 2.24) is 5.32 Å². The summed E-state index contributed by atoms with van der Waals surface area (Å²) >= 11 is 0. The maximum atomic E-state index is 13.6. The standard InChI is InChI=1S/C19H18F2N2O4/c1-11(22-18(25)13-7-4-3-5-8-13)19(26)27-12(2)17(24)23-16-14(20)9-6-10-15(16)21/h3-12H,1-2H3,(H,22,25)(H,23,24)/t11-,12+/m0/s1. The number of para-hydroxylation sites is 1. The number of carbonyl (C=O) groups excluding carboxylic acids is 3. The molecule has 0 aliphatic carbocycles. The topological polar surface area (TPSA) is 84.5 Å². The van der Waals surface area contributed by atoms with Crippen LogP contribution in [-0.2, 0) is 14.3 Å². The lowest BCUT2D eigenvalue weighted by molar-refractivity contribution is -0.154. The van der Waals surface area contributed by atoms with Crippen molar-refractivity contribution in [1.29, 1.82) is 0 Å². The lowest BCUT2D eigenvalue weighted by Crippen LogP contribution is -2.42. The Labute approximate surface area is 154 Å². The number of hydrogen-bond acceptors (Lipinski definition) is 4. The molecule has 27 heavy (non-hydrogen) atoms. The lowest BCUT2D eigenvalue weighted by atomic mass is 10.2. The minimum absolute atomic E-state index is 0.359. The van der Waals surface area contributed by atoms with Gasteiger partial charge in [-0.15, -0.1) is 0 Å². The van der Waals surface area contributed by atoms with Crippen molar-refractivity contribution in [2.75, 3.05) is 5.32 Å². The molecule has 0 saturated carbocycles. The van der Waals surface area contributed by atoms with E-state index in [0.29, 0.717) is 5.56 Å². The Morgan fingerprint density at radius 3 is 2.11 bits per heavy atom. The van der Waals surface area contributed by atoms with Gasteiger partial charge in [0.1, 0.15) is 23.4 Å². The first-order valence-corrected chi connectivity index (χ1v) is 8.11. The van der Waals surface area contributed by atoms with E-state index in [0.717, 1.165) is 18.2 Å². The van der Waals surface area contributed by atoms with Crippen molar-refractivity contribution < 1.29 is 27.9 Å². The van der Waals surface area contributed by atoms with Crippen molar-refractivity contribution in [3.63, 3.8) is 0 Å². The predicted molar refractivity (Wildman–Crippen MR) is 93.9 cm³/mol. The quantitative estimate of drug-likeness (QED) is 0.759. The molecular formula is C19H18F2N2O4. The van der Waals surface area contributed by atoms with Crippen LogP contribution in [0.4, 0.5) is 14.5 Å². The van der Waals surface area contributed by atoms with Crippen LogP contribution in [0, 0.1) is 11.6 Å². The molecule has 0 aromatic heterocycles. The molecule has 2 amide bonds. The third kappa shape index (κ3) is 5.34. The molecule has 0 aliphatic rings. The fourth-order valence-corrected chi connectivity index (χ4v) is 2.10. The molecular weight excluding hydrogens is 358 g/mol. The fourth-order valence-electron chi connectivity index (χ4n) is 2.10. The van der Waals surface area contributed by atoms with Gasteiger partial charge in [0.2, 0.25) is 0 Å². The van der Waals surface area contributed by atoms with Crippen LogP contribution in [0.2, 0.25) is 0 Å². The normalized spacial score (nSPS) is 12.6. The second kappa shape index (κ2) is 8.88. The van der Waals surface area contributed by atoms with E-state index in [1.54, 1.807) is 30.3 Å². The first-order chi connectivity index (χ1) is 12.8. The zero-order valence-corrected chi connectivity index (χ0v) is 14.7. The van der Waals surface area contributed by atoms with Crippen LogP contribution in [0.5, 0.6) is 0 Å². The summed E-state index contributed by atoms with van der Waals surface area (Å²) in [6.07, 6.45) is -1.33. The minimum atomic E-state index is -1.33. The zero-order valence-electron chi connectivity index (χ0n) is 14.7. The average Bonchev–Trinajstić information content (AvgIpc) is 2.65. The predicted octanol–water partition coefficient (Wildman–Crippen LogP) is 2.65. The molecule has 0 radical (unpaired) electrons. The molecule has 0 heterocycles. The number of halogens is 2. The smallest absolute Gasteiger partial charge is 0.329 e.